The second-order valence-electron chi connectivity index (χ2n) is 5.64. The van der Waals surface area contributed by atoms with Crippen LogP contribution in [0.5, 0.6) is 0 Å². The highest BCUT2D eigenvalue weighted by Gasteiger charge is 2.04. The molecule has 0 saturated heterocycles. The monoisotopic (exact) mass is 466 g/mol. The van der Waals surface area contributed by atoms with Crippen molar-refractivity contribution in [2.24, 2.45) is 4.99 Å². The zero-order chi connectivity index (χ0) is 17.9. The van der Waals surface area contributed by atoms with Crippen molar-refractivity contribution in [1.29, 1.82) is 0 Å². The Morgan fingerprint density at radius 3 is 2.42 bits per heavy atom. The van der Waals surface area contributed by atoms with Crippen LogP contribution in [-0.4, -0.2) is 32.0 Å². The topological polar surface area (TPSA) is 65.5 Å². The number of nitrogens with zero attached hydrogens (tertiary/aromatic N) is 1. The molecule has 0 radical (unpaired) electrons. The Morgan fingerprint density at radius 1 is 1.00 bits per heavy atom. The third-order valence-electron chi connectivity index (χ3n) is 3.73. The fourth-order valence-corrected chi connectivity index (χ4v) is 2.43. The van der Waals surface area contributed by atoms with E-state index in [0.717, 1.165) is 31.0 Å². The van der Waals surface area contributed by atoms with Crippen molar-refractivity contribution in [3.05, 3.63) is 71.3 Å². The van der Waals surface area contributed by atoms with Gasteiger partial charge < -0.3 is 16.0 Å². The van der Waals surface area contributed by atoms with E-state index in [1.54, 1.807) is 7.05 Å². The predicted molar refractivity (Wildman–Crippen MR) is 118 cm³/mol. The molecule has 0 heterocycles. The number of halogens is 1. The number of guanidine groups is 1. The van der Waals surface area contributed by atoms with Crippen LogP contribution in [0.25, 0.3) is 0 Å². The van der Waals surface area contributed by atoms with Crippen LogP contribution in [0.15, 0.2) is 59.6 Å². The lowest BCUT2D eigenvalue weighted by atomic mass is 10.1. The molecule has 0 spiro atoms. The Morgan fingerprint density at radius 2 is 1.73 bits per heavy atom. The van der Waals surface area contributed by atoms with Gasteiger partial charge in [0, 0.05) is 25.7 Å². The zero-order valence-corrected chi connectivity index (χ0v) is 17.6. The molecule has 5 nitrogen and oxygen atoms in total. The maximum Gasteiger partial charge on any atom is 0.251 e. The summed E-state index contributed by atoms with van der Waals surface area (Å²) in [4.78, 5) is 16.3. The van der Waals surface area contributed by atoms with Gasteiger partial charge in [-0.2, -0.15) is 0 Å². The number of hydrogen-bond acceptors (Lipinski definition) is 2. The molecule has 6 heteroatoms. The van der Waals surface area contributed by atoms with Crippen LogP contribution in [-0.2, 0) is 13.0 Å². The van der Waals surface area contributed by atoms with Crippen LogP contribution in [0.2, 0.25) is 0 Å². The number of carbonyl (C=O) groups excluding carboxylic acids is 1. The Balaban J connectivity index is 0.00000338. The SMILES string of the molecule is CCNC(=NCc1ccccc1)NCCc1cccc(C(=O)NC)c1.I. The number of hydrogen-bond donors (Lipinski definition) is 3. The third kappa shape index (κ3) is 7.43. The summed E-state index contributed by atoms with van der Waals surface area (Å²) < 4.78 is 0. The van der Waals surface area contributed by atoms with E-state index in [1.807, 2.05) is 49.4 Å². The van der Waals surface area contributed by atoms with Gasteiger partial charge in [0.25, 0.3) is 5.91 Å². The fourth-order valence-electron chi connectivity index (χ4n) is 2.43. The van der Waals surface area contributed by atoms with E-state index in [9.17, 15) is 4.79 Å². The van der Waals surface area contributed by atoms with Crippen molar-refractivity contribution in [2.45, 2.75) is 19.9 Å². The fraction of sp³-hybridized carbons (Fsp3) is 0.300. The van der Waals surface area contributed by atoms with Gasteiger partial charge in [-0.25, -0.2) is 4.99 Å². The highest BCUT2D eigenvalue weighted by atomic mass is 127. The van der Waals surface area contributed by atoms with Gasteiger partial charge in [0.05, 0.1) is 6.54 Å². The number of aliphatic imine (C=N–C) groups is 1. The Bertz CT molecular complexity index is 704. The maximum atomic E-state index is 11.7. The van der Waals surface area contributed by atoms with Gasteiger partial charge in [-0.05, 0) is 36.6 Å². The number of carbonyl (C=O) groups is 1. The number of amides is 1. The summed E-state index contributed by atoms with van der Waals surface area (Å²) in [6.07, 6.45) is 0.820. The number of rotatable bonds is 7. The van der Waals surface area contributed by atoms with Crippen molar-refractivity contribution in [3.63, 3.8) is 0 Å². The summed E-state index contributed by atoms with van der Waals surface area (Å²) >= 11 is 0. The molecule has 2 aromatic carbocycles. The van der Waals surface area contributed by atoms with Crippen LogP contribution in [0, 0.1) is 0 Å². The minimum atomic E-state index is -0.0624. The molecule has 0 aliphatic rings. The molecular formula is C20H27IN4O. The molecule has 0 aromatic heterocycles. The van der Waals surface area contributed by atoms with Crippen LogP contribution < -0.4 is 16.0 Å². The average molecular weight is 466 g/mol. The first kappa shape index (κ1) is 22.0. The summed E-state index contributed by atoms with van der Waals surface area (Å²) in [5.41, 5.74) is 2.98. The van der Waals surface area contributed by atoms with Gasteiger partial charge in [0.1, 0.15) is 0 Å². The van der Waals surface area contributed by atoms with E-state index >= 15 is 0 Å². The summed E-state index contributed by atoms with van der Waals surface area (Å²) in [5.74, 6) is 0.737. The van der Waals surface area contributed by atoms with Crippen molar-refractivity contribution in [1.82, 2.24) is 16.0 Å². The minimum absolute atomic E-state index is 0. The lowest BCUT2D eigenvalue weighted by Crippen LogP contribution is -2.38. The molecule has 0 saturated carbocycles. The largest absolute Gasteiger partial charge is 0.357 e. The van der Waals surface area contributed by atoms with Crippen molar-refractivity contribution in [3.8, 4) is 0 Å². The van der Waals surface area contributed by atoms with E-state index in [-0.39, 0.29) is 29.9 Å². The maximum absolute atomic E-state index is 11.7. The van der Waals surface area contributed by atoms with Gasteiger partial charge in [-0.3, -0.25) is 4.79 Å². The lowest BCUT2D eigenvalue weighted by Gasteiger charge is -2.11. The molecule has 1 amide bonds. The van der Waals surface area contributed by atoms with Gasteiger partial charge >= 0.3 is 0 Å². The smallest absolute Gasteiger partial charge is 0.251 e. The summed E-state index contributed by atoms with van der Waals surface area (Å²) in [6.45, 7) is 4.25. The zero-order valence-electron chi connectivity index (χ0n) is 15.3. The second kappa shape index (κ2) is 12.3. The van der Waals surface area contributed by atoms with Crippen LogP contribution in [0.4, 0.5) is 0 Å². The third-order valence-corrected chi connectivity index (χ3v) is 3.73. The first-order valence-electron chi connectivity index (χ1n) is 8.60. The van der Waals surface area contributed by atoms with E-state index in [4.69, 9.17) is 0 Å². The molecule has 0 aliphatic heterocycles. The summed E-state index contributed by atoms with van der Waals surface area (Å²) in [5, 5.41) is 9.24. The predicted octanol–water partition coefficient (Wildman–Crippen LogP) is 2.96. The van der Waals surface area contributed by atoms with Gasteiger partial charge in [0.15, 0.2) is 5.96 Å². The summed E-state index contributed by atoms with van der Waals surface area (Å²) in [6, 6.07) is 17.9. The van der Waals surface area contributed by atoms with Crippen LogP contribution in [0.1, 0.15) is 28.4 Å². The normalized spacial score (nSPS) is 10.6. The molecule has 26 heavy (non-hydrogen) atoms. The first-order chi connectivity index (χ1) is 12.2. The van der Waals surface area contributed by atoms with Gasteiger partial charge in [0.2, 0.25) is 0 Å². The minimum Gasteiger partial charge on any atom is -0.357 e. The Hall–Kier alpha value is -2.09. The highest BCUT2D eigenvalue weighted by Crippen LogP contribution is 2.06. The summed E-state index contributed by atoms with van der Waals surface area (Å²) in [7, 11) is 1.64. The first-order valence-corrected chi connectivity index (χ1v) is 8.60. The van der Waals surface area contributed by atoms with E-state index in [1.165, 1.54) is 5.56 Å². The molecule has 2 rings (SSSR count). The Kier molecular flexibility index (Phi) is 10.4. The Labute approximate surface area is 172 Å². The molecule has 0 unspecified atom stereocenters. The molecule has 0 aliphatic carbocycles. The molecule has 0 bridgehead atoms. The van der Waals surface area contributed by atoms with Crippen molar-refractivity contribution < 1.29 is 4.79 Å². The number of nitrogens with one attached hydrogen (secondary N) is 3. The lowest BCUT2D eigenvalue weighted by molar-refractivity contribution is 0.0963. The molecule has 0 atom stereocenters. The highest BCUT2D eigenvalue weighted by molar-refractivity contribution is 14.0. The van der Waals surface area contributed by atoms with Crippen LogP contribution in [0.3, 0.4) is 0 Å². The second-order valence-corrected chi connectivity index (χ2v) is 5.64. The van der Waals surface area contributed by atoms with Crippen LogP contribution >= 0.6 is 24.0 Å². The van der Waals surface area contributed by atoms with Crippen molar-refractivity contribution >= 4 is 35.8 Å². The quantitative estimate of drug-likeness (QED) is 0.334. The average Bonchev–Trinajstić information content (AvgIpc) is 2.66. The number of benzene rings is 2. The van der Waals surface area contributed by atoms with Gasteiger partial charge in [-0.15, -0.1) is 24.0 Å². The molecule has 0 fully saturated rings. The molecule has 3 N–H and O–H groups in total. The van der Waals surface area contributed by atoms with Crippen molar-refractivity contribution in [2.75, 3.05) is 20.1 Å². The molecule has 140 valence electrons. The molecule has 2 aromatic rings. The van der Waals surface area contributed by atoms with E-state index < -0.39 is 0 Å². The van der Waals surface area contributed by atoms with Gasteiger partial charge in [-0.1, -0.05) is 42.5 Å². The standard InChI is InChI=1S/C20H26N4O.HI/c1-3-22-20(24-15-17-8-5-4-6-9-17)23-13-12-16-10-7-11-18(14-16)19(25)21-2;/h4-11,14H,3,12-13,15H2,1-2H3,(H,21,25)(H2,22,23,24);1H. The molecular weight excluding hydrogens is 439 g/mol. The van der Waals surface area contributed by atoms with E-state index in [2.05, 4.69) is 33.1 Å². The van der Waals surface area contributed by atoms with E-state index in [0.29, 0.717) is 12.1 Å².